The van der Waals surface area contributed by atoms with Crippen LogP contribution >= 0.6 is 0 Å². The van der Waals surface area contributed by atoms with E-state index in [1.807, 2.05) is 30.3 Å². The van der Waals surface area contributed by atoms with Crippen molar-refractivity contribution in [2.75, 3.05) is 6.54 Å². The van der Waals surface area contributed by atoms with E-state index < -0.39 is 12.0 Å². The standard InChI is InChI=1S/C28H25NO2/c30-28(31)26-11-6-18-29(26)27(25-17-14-21-9-4-5-10-24(21)19-25)23-15-12-22(13-16-23)20-7-2-1-3-8-20/h1-5,7-10,12-17,19,26-27H,6,11,18H2,(H,30,31). The molecule has 0 radical (unpaired) electrons. The maximum atomic E-state index is 12.0. The van der Waals surface area contributed by atoms with Crippen LogP contribution in [0.5, 0.6) is 0 Å². The van der Waals surface area contributed by atoms with Gasteiger partial charge >= 0.3 is 5.97 Å². The highest BCUT2D eigenvalue weighted by molar-refractivity contribution is 5.83. The fraction of sp³-hybridized carbons (Fsp3) is 0.179. The Balaban J connectivity index is 1.59. The van der Waals surface area contributed by atoms with Crippen LogP contribution in [0.1, 0.15) is 30.0 Å². The molecule has 0 amide bonds. The summed E-state index contributed by atoms with van der Waals surface area (Å²) in [4.78, 5) is 14.1. The molecule has 1 saturated heterocycles. The minimum atomic E-state index is -0.732. The summed E-state index contributed by atoms with van der Waals surface area (Å²) < 4.78 is 0. The van der Waals surface area contributed by atoms with E-state index in [0.717, 1.165) is 29.7 Å². The molecule has 1 fully saturated rings. The molecular formula is C28H25NO2. The van der Waals surface area contributed by atoms with Crippen molar-refractivity contribution in [2.24, 2.45) is 0 Å². The van der Waals surface area contributed by atoms with Gasteiger partial charge in [0.1, 0.15) is 6.04 Å². The van der Waals surface area contributed by atoms with E-state index in [1.165, 1.54) is 16.3 Å². The first-order valence-corrected chi connectivity index (χ1v) is 10.8. The van der Waals surface area contributed by atoms with Crippen LogP contribution in [-0.2, 0) is 4.79 Å². The fourth-order valence-corrected chi connectivity index (χ4v) is 4.80. The molecule has 1 aliphatic heterocycles. The number of carboxylic acids is 1. The minimum Gasteiger partial charge on any atom is -0.480 e. The largest absolute Gasteiger partial charge is 0.480 e. The molecule has 154 valence electrons. The van der Waals surface area contributed by atoms with Crippen LogP contribution < -0.4 is 0 Å². The van der Waals surface area contributed by atoms with Crippen LogP contribution in [0, 0.1) is 0 Å². The van der Waals surface area contributed by atoms with Gasteiger partial charge in [-0.15, -0.1) is 0 Å². The Labute approximate surface area is 182 Å². The van der Waals surface area contributed by atoms with E-state index in [-0.39, 0.29) is 6.04 Å². The van der Waals surface area contributed by atoms with Crippen molar-refractivity contribution in [1.29, 1.82) is 0 Å². The average molecular weight is 408 g/mol. The number of likely N-dealkylation sites (tertiary alicyclic amines) is 1. The number of nitrogens with zero attached hydrogens (tertiary/aromatic N) is 1. The molecule has 2 unspecified atom stereocenters. The van der Waals surface area contributed by atoms with Crippen molar-refractivity contribution < 1.29 is 9.90 Å². The summed E-state index contributed by atoms with van der Waals surface area (Å²) in [7, 11) is 0. The van der Waals surface area contributed by atoms with Gasteiger partial charge in [-0.1, -0.05) is 91.0 Å². The summed E-state index contributed by atoms with van der Waals surface area (Å²) in [6, 6.07) is 33.2. The van der Waals surface area contributed by atoms with Crippen LogP contribution in [0.2, 0.25) is 0 Å². The summed E-state index contributed by atoms with van der Waals surface area (Å²) >= 11 is 0. The number of fused-ring (bicyclic) bond motifs is 1. The second-order valence-electron chi connectivity index (χ2n) is 8.23. The van der Waals surface area contributed by atoms with Crippen molar-refractivity contribution in [1.82, 2.24) is 4.90 Å². The lowest BCUT2D eigenvalue weighted by atomic mass is 9.93. The molecule has 3 heteroatoms. The predicted octanol–water partition coefficient (Wildman–Crippen LogP) is 6.15. The average Bonchev–Trinajstić information content (AvgIpc) is 3.30. The van der Waals surface area contributed by atoms with E-state index in [2.05, 4.69) is 71.6 Å². The third-order valence-corrected chi connectivity index (χ3v) is 6.33. The molecule has 1 aliphatic rings. The molecule has 0 aliphatic carbocycles. The number of hydrogen-bond donors (Lipinski definition) is 1. The van der Waals surface area contributed by atoms with Crippen molar-refractivity contribution in [3.63, 3.8) is 0 Å². The van der Waals surface area contributed by atoms with E-state index in [4.69, 9.17) is 0 Å². The van der Waals surface area contributed by atoms with Gasteiger partial charge in [-0.05, 0) is 51.9 Å². The molecule has 0 saturated carbocycles. The van der Waals surface area contributed by atoms with Crippen LogP contribution in [0.4, 0.5) is 0 Å². The molecular weight excluding hydrogens is 382 g/mol. The van der Waals surface area contributed by atoms with Crippen LogP contribution in [0.15, 0.2) is 97.1 Å². The topological polar surface area (TPSA) is 40.5 Å². The normalized spacial score (nSPS) is 17.6. The lowest BCUT2D eigenvalue weighted by Crippen LogP contribution is -2.39. The second-order valence-corrected chi connectivity index (χ2v) is 8.23. The Morgan fingerprint density at radius 3 is 2.16 bits per heavy atom. The summed E-state index contributed by atoms with van der Waals surface area (Å²) in [5, 5.41) is 12.2. The molecule has 0 aromatic heterocycles. The highest BCUT2D eigenvalue weighted by atomic mass is 16.4. The van der Waals surface area contributed by atoms with Gasteiger partial charge in [0, 0.05) is 6.54 Å². The van der Waals surface area contributed by atoms with Gasteiger partial charge in [-0.25, -0.2) is 0 Å². The van der Waals surface area contributed by atoms with E-state index in [1.54, 1.807) is 0 Å². The molecule has 1 heterocycles. The van der Waals surface area contributed by atoms with Gasteiger partial charge in [0.15, 0.2) is 0 Å². The van der Waals surface area contributed by atoms with Gasteiger partial charge in [0.2, 0.25) is 0 Å². The number of rotatable bonds is 5. The number of benzene rings is 4. The van der Waals surface area contributed by atoms with E-state index >= 15 is 0 Å². The third-order valence-electron chi connectivity index (χ3n) is 6.33. The number of carbonyl (C=O) groups is 1. The Hall–Kier alpha value is -3.43. The highest BCUT2D eigenvalue weighted by Crippen LogP contribution is 2.37. The first kappa shape index (κ1) is 19.5. The fourth-order valence-electron chi connectivity index (χ4n) is 4.80. The number of aliphatic carboxylic acids is 1. The van der Waals surface area contributed by atoms with Gasteiger partial charge in [-0.2, -0.15) is 0 Å². The molecule has 3 nitrogen and oxygen atoms in total. The molecule has 4 aromatic rings. The molecule has 31 heavy (non-hydrogen) atoms. The lowest BCUT2D eigenvalue weighted by molar-refractivity contribution is -0.142. The highest BCUT2D eigenvalue weighted by Gasteiger charge is 2.36. The zero-order valence-corrected chi connectivity index (χ0v) is 17.3. The smallest absolute Gasteiger partial charge is 0.320 e. The molecule has 0 bridgehead atoms. The van der Waals surface area contributed by atoms with E-state index in [0.29, 0.717) is 6.42 Å². The Morgan fingerprint density at radius 1 is 0.774 bits per heavy atom. The zero-order chi connectivity index (χ0) is 21.2. The third kappa shape index (κ3) is 3.85. The van der Waals surface area contributed by atoms with Gasteiger partial charge < -0.3 is 5.11 Å². The maximum absolute atomic E-state index is 12.0. The van der Waals surface area contributed by atoms with Gasteiger partial charge in [0.05, 0.1) is 6.04 Å². The number of carboxylic acid groups (broad SMARTS) is 1. The van der Waals surface area contributed by atoms with E-state index in [9.17, 15) is 9.90 Å². The molecule has 4 aromatic carbocycles. The van der Waals surface area contributed by atoms with Crippen LogP contribution in [0.3, 0.4) is 0 Å². The van der Waals surface area contributed by atoms with Crippen molar-refractivity contribution in [3.8, 4) is 11.1 Å². The van der Waals surface area contributed by atoms with Crippen molar-refractivity contribution in [3.05, 3.63) is 108 Å². The molecule has 0 spiro atoms. The Bertz CT molecular complexity index is 1200. The van der Waals surface area contributed by atoms with Crippen LogP contribution in [0.25, 0.3) is 21.9 Å². The first-order chi connectivity index (χ1) is 15.2. The SMILES string of the molecule is O=C(O)C1CCCN1C(c1ccc(-c2ccccc2)cc1)c1ccc2ccccc2c1. The minimum absolute atomic E-state index is 0.0852. The summed E-state index contributed by atoms with van der Waals surface area (Å²) in [6.07, 6.45) is 1.60. The zero-order valence-electron chi connectivity index (χ0n) is 17.3. The van der Waals surface area contributed by atoms with Gasteiger partial charge in [0.25, 0.3) is 0 Å². The van der Waals surface area contributed by atoms with Gasteiger partial charge in [-0.3, -0.25) is 9.69 Å². The predicted molar refractivity (Wildman–Crippen MR) is 125 cm³/mol. The molecule has 2 atom stereocenters. The summed E-state index contributed by atoms with van der Waals surface area (Å²) in [5.74, 6) is -0.732. The van der Waals surface area contributed by atoms with Crippen LogP contribution in [-0.4, -0.2) is 28.6 Å². The molecule has 5 rings (SSSR count). The molecule has 1 N–H and O–H groups in total. The Kier molecular flexibility index (Phi) is 5.27. The second kappa shape index (κ2) is 8.37. The maximum Gasteiger partial charge on any atom is 0.320 e. The van der Waals surface area contributed by atoms with Crippen molar-refractivity contribution in [2.45, 2.75) is 24.9 Å². The summed E-state index contributed by atoms with van der Waals surface area (Å²) in [6.45, 7) is 0.787. The quantitative estimate of drug-likeness (QED) is 0.432. The Morgan fingerprint density at radius 2 is 1.42 bits per heavy atom. The first-order valence-electron chi connectivity index (χ1n) is 10.8. The lowest BCUT2D eigenvalue weighted by Gasteiger charge is -2.32. The monoisotopic (exact) mass is 407 g/mol. The number of hydrogen-bond acceptors (Lipinski definition) is 2. The van der Waals surface area contributed by atoms with Crippen molar-refractivity contribution >= 4 is 16.7 Å². The summed E-state index contributed by atoms with van der Waals surface area (Å²) in [5.41, 5.74) is 4.61.